The average molecular weight is 195 g/mol. The molecule has 1 unspecified atom stereocenters. The molecule has 4 heteroatoms. The maximum atomic E-state index is 5.81. The SMILES string of the molecule is Cc1cc(C2=CC(N)CNC2)sn1. The highest BCUT2D eigenvalue weighted by Gasteiger charge is 2.12. The van der Waals surface area contributed by atoms with E-state index >= 15 is 0 Å². The van der Waals surface area contributed by atoms with Gasteiger partial charge < -0.3 is 11.1 Å². The lowest BCUT2D eigenvalue weighted by molar-refractivity contribution is 0.663. The Hall–Kier alpha value is -0.710. The predicted octanol–water partition coefficient (Wildman–Crippen LogP) is 0.765. The molecule has 1 aliphatic heterocycles. The van der Waals surface area contributed by atoms with E-state index in [0.717, 1.165) is 18.8 Å². The molecule has 0 bridgehead atoms. The molecule has 13 heavy (non-hydrogen) atoms. The fourth-order valence-corrected chi connectivity index (χ4v) is 2.21. The van der Waals surface area contributed by atoms with Crippen molar-refractivity contribution in [2.24, 2.45) is 5.73 Å². The zero-order valence-corrected chi connectivity index (χ0v) is 8.40. The van der Waals surface area contributed by atoms with Crippen molar-refractivity contribution < 1.29 is 0 Å². The third kappa shape index (κ3) is 1.96. The molecule has 0 amide bonds. The molecule has 3 N–H and O–H groups in total. The number of hydrogen-bond acceptors (Lipinski definition) is 4. The van der Waals surface area contributed by atoms with E-state index in [4.69, 9.17) is 5.73 Å². The number of nitrogens with zero attached hydrogens (tertiary/aromatic N) is 1. The van der Waals surface area contributed by atoms with Gasteiger partial charge in [0.25, 0.3) is 0 Å². The Labute approximate surface area is 81.8 Å². The van der Waals surface area contributed by atoms with Crippen molar-refractivity contribution in [3.05, 3.63) is 22.7 Å². The molecule has 0 radical (unpaired) electrons. The minimum atomic E-state index is 0.145. The standard InChI is InChI=1S/C9H13N3S/c1-6-2-9(13-12-6)7-3-8(10)5-11-4-7/h2-3,8,11H,4-5,10H2,1H3. The number of nitrogens with one attached hydrogen (secondary N) is 1. The Morgan fingerprint density at radius 3 is 3.15 bits per heavy atom. The van der Waals surface area contributed by atoms with E-state index in [1.54, 1.807) is 11.5 Å². The highest BCUT2D eigenvalue weighted by atomic mass is 32.1. The Morgan fingerprint density at radius 1 is 1.69 bits per heavy atom. The largest absolute Gasteiger partial charge is 0.323 e. The maximum absolute atomic E-state index is 5.81. The van der Waals surface area contributed by atoms with Gasteiger partial charge in [0.05, 0.1) is 10.6 Å². The van der Waals surface area contributed by atoms with Crippen LogP contribution in [0.5, 0.6) is 0 Å². The Bertz CT molecular complexity index is 329. The fraction of sp³-hybridized carbons (Fsp3) is 0.444. The normalized spacial score (nSPS) is 22.9. The van der Waals surface area contributed by atoms with Crippen LogP contribution in [0.25, 0.3) is 5.57 Å². The first-order chi connectivity index (χ1) is 6.25. The molecule has 1 aliphatic rings. The van der Waals surface area contributed by atoms with Crippen LogP contribution in [0.15, 0.2) is 12.1 Å². The molecular formula is C9H13N3S. The van der Waals surface area contributed by atoms with Crippen molar-refractivity contribution in [2.45, 2.75) is 13.0 Å². The summed E-state index contributed by atoms with van der Waals surface area (Å²) in [6.07, 6.45) is 2.13. The van der Waals surface area contributed by atoms with Crippen molar-refractivity contribution in [1.82, 2.24) is 9.69 Å². The summed E-state index contributed by atoms with van der Waals surface area (Å²) in [6, 6.07) is 2.25. The van der Waals surface area contributed by atoms with E-state index < -0.39 is 0 Å². The topological polar surface area (TPSA) is 50.9 Å². The Morgan fingerprint density at radius 2 is 2.54 bits per heavy atom. The van der Waals surface area contributed by atoms with E-state index in [1.807, 2.05) is 6.92 Å². The zero-order valence-electron chi connectivity index (χ0n) is 7.58. The zero-order chi connectivity index (χ0) is 9.26. The smallest absolute Gasteiger partial charge is 0.0522 e. The molecule has 1 aromatic rings. The van der Waals surface area contributed by atoms with E-state index in [2.05, 4.69) is 21.8 Å². The van der Waals surface area contributed by atoms with Crippen LogP contribution in [0.3, 0.4) is 0 Å². The molecule has 2 heterocycles. The summed E-state index contributed by atoms with van der Waals surface area (Å²) in [4.78, 5) is 1.24. The van der Waals surface area contributed by atoms with Gasteiger partial charge in [-0.15, -0.1) is 0 Å². The van der Waals surface area contributed by atoms with E-state index in [0.29, 0.717) is 0 Å². The highest BCUT2D eigenvalue weighted by molar-refractivity contribution is 7.07. The lowest BCUT2D eigenvalue weighted by Crippen LogP contribution is -2.37. The monoisotopic (exact) mass is 195 g/mol. The van der Waals surface area contributed by atoms with Crippen LogP contribution in [0.2, 0.25) is 0 Å². The van der Waals surface area contributed by atoms with Gasteiger partial charge in [0.1, 0.15) is 0 Å². The van der Waals surface area contributed by atoms with Crippen molar-refractivity contribution in [3.63, 3.8) is 0 Å². The van der Waals surface area contributed by atoms with Gasteiger partial charge >= 0.3 is 0 Å². The summed E-state index contributed by atoms with van der Waals surface area (Å²) in [5.74, 6) is 0. The molecule has 2 rings (SSSR count). The Kier molecular flexibility index (Phi) is 2.44. The second kappa shape index (κ2) is 3.57. The fourth-order valence-electron chi connectivity index (χ4n) is 1.43. The van der Waals surface area contributed by atoms with Crippen LogP contribution in [-0.2, 0) is 0 Å². The summed E-state index contributed by atoms with van der Waals surface area (Å²) in [7, 11) is 0. The summed E-state index contributed by atoms with van der Waals surface area (Å²) < 4.78 is 4.25. The third-order valence-corrected chi connectivity index (χ3v) is 3.01. The highest BCUT2D eigenvalue weighted by Crippen LogP contribution is 2.21. The van der Waals surface area contributed by atoms with Crippen molar-refractivity contribution in [1.29, 1.82) is 0 Å². The van der Waals surface area contributed by atoms with Gasteiger partial charge in [-0.05, 0) is 30.1 Å². The molecule has 0 fully saturated rings. The van der Waals surface area contributed by atoms with E-state index in [-0.39, 0.29) is 6.04 Å². The minimum absolute atomic E-state index is 0.145. The number of rotatable bonds is 1. The first kappa shape index (κ1) is 8.87. The van der Waals surface area contributed by atoms with Crippen molar-refractivity contribution in [3.8, 4) is 0 Å². The van der Waals surface area contributed by atoms with Gasteiger partial charge in [0, 0.05) is 19.1 Å². The van der Waals surface area contributed by atoms with Crippen LogP contribution in [0.4, 0.5) is 0 Å². The lowest BCUT2D eigenvalue weighted by atomic mass is 10.1. The van der Waals surface area contributed by atoms with Crippen LogP contribution < -0.4 is 11.1 Å². The number of hydrogen-bond donors (Lipinski definition) is 2. The number of aryl methyl sites for hydroxylation is 1. The average Bonchev–Trinajstić information content (AvgIpc) is 2.52. The van der Waals surface area contributed by atoms with Gasteiger partial charge in [0.2, 0.25) is 0 Å². The lowest BCUT2D eigenvalue weighted by Gasteiger charge is -2.17. The van der Waals surface area contributed by atoms with E-state index in [9.17, 15) is 0 Å². The van der Waals surface area contributed by atoms with Gasteiger partial charge in [-0.3, -0.25) is 0 Å². The van der Waals surface area contributed by atoms with Crippen molar-refractivity contribution in [2.75, 3.05) is 13.1 Å². The van der Waals surface area contributed by atoms with Crippen molar-refractivity contribution >= 4 is 17.1 Å². The van der Waals surface area contributed by atoms with E-state index in [1.165, 1.54) is 10.5 Å². The molecule has 70 valence electrons. The summed E-state index contributed by atoms with van der Waals surface area (Å²) in [5.41, 5.74) is 8.18. The molecule has 3 nitrogen and oxygen atoms in total. The minimum Gasteiger partial charge on any atom is -0.323 e. The van der Waals surface area contributed by atoms with Crippen LogP contribution in [-0.4, -0.2) is 23.5 Å². The van der Waals surface area contributed by atoms with Gasteiger partial charge in [-0.25, -0.2) is 0 Å². The van der Waals surface area contributed by atoms with Crippen LogP contribution in [0.1, 0.15) is 10.6 Å². The van der Waals surface area contributed by atoms with Gasteiger partial charge in [-0.2, -0.15) is 4.37 Å². The molecule has 0 saturated carbocycles. The maximum Gasteiger partial charge on any atom is 0.0522 e. The third-order valence-electron chi connectivity index (χ3n) is 2.06. The summed E-state index contributed by atoms with van der Waals surface area (Å²) >= 11 is 1.54. The summed E-state index contributed by atoms with van der Waals surface area (Å²) in [6.45, 7) is 3.80. The Balaban J connectivity index is 2.25. The molecular weight excluding hydrogens is 182 g/mol. The molecule has 1 aromatic heterocycles. The molecule has 0 aromatic carbocycles. The van der Waals surface area contributed by atoms with Gasteiger partial charge in [0.15, 0.2) is 0 Å². The molecule has 1 atom stereocenters. The molecule has 0 saturated heterocycles. The van der Waals surface area contributed by atoms with Gasteiger partial charge in [-0.1, -0.05) is 6.08 Å². The quantitative estimate of drug-likeness (QED) is 0.696. The number of nitrogens with two attached hydrogens (primary N) is 1. The number of aromatic nitrogens is 1. The van der Waals surface area contributed by atoms with Crippen LogP contribution in [0, 0.1) is 6.92 Å². The molecule has 0 aliphatic carbocycles. The second-order valence-electron chi connectivity index (χ2n) is 3.32. The summed E-state index contributed by atoms with van der Waals surface area (Å²) in [5, 5.41) is 3.28. The first-order valence-corrected chi connectivity index (χ1v) is 5.14. The second-order valence-corrected chi connectivity index (χ2v) is 4.12. The first-order valence-electron chi connectivity index (χ1n) is 4.36. The predicted molar refractivity (Wildman–Crippen MR) is 55.7 cm³/mol. The molecule has 0 spiro atoms. The van der Waals surface area contributed by atoms with Crippen LogP contribution >= 0.6 is 11.5 Å².